The third kappa shape index (κ3) is 15.2. The Morgan fingerprint density at radius 2 is 0.883 bits per heavy atom. The van der Waals surface area contributed by atoms with E-state index in [0.29, 0.717) is 16.7 Å². The normalized spacial score (nSPS) is 10.9. The lowest BCUT2D eigenvalue weighted by atomic mass is 10.1. The molecule has 0 spiro atoms. The van der Waals surface area contributed by atoms with Crippen LogP contribution >= 0.6 is 0 Å². The van der Waals surface area contributed by atoms with Gasteiger partial charge in [0.05, 0.1) is 31.7 Å². The lowest BCUT2D eigenvalue weighted by molar-refractivity contribution is 0.460. The van der Waals surface area contributed by atoms with E-state index in [1.54, 1.807) is 72.8 Å². The number of hydrogen-bond acceptors (Lipinski definition) is 7. The Kier molecular flexibility index (Phi) is 17.6. The minimum absolute atomic E-state index is 0.0146. The van der Waals surface area contributed by atoms with Gasteiger partial charge in [-0.1, -0.05) is 164 Å². The van der Waals surface area contributed by atoms with E-state index in [1.807, 2.05) is 24.3 Å². The molecular weight excluding hydrogens is 829 g/mol. The Balaban J connectivity index is 0.000000155. The molecule has 0 aliphatic carbocycles. The first-order chi connectivity index (χ1) is 29.0. The van der Waals surface area contributed by atoms with Crippen molar-refractivity contribution in [2.24, 2.45) is 0 Å². The summed E-state index contributed by atoms with van der Waals surface area (Å²) in [6, 6.07) is 70.0. The molecule has 0 bridgehead atoms. The van der Waals surface area contributed by atoms with Gasteiger partial charge in [0.15, 0.2) is 25.3 Å². The Morgan fingerprint density at radius 1 is 0.467 bits per heavy atom. The third-order valence-electron chi connectivity index (χ3n) is 8.55. The maximum Gasteiger partial charge on any atom is 0.194 e. The summed E-state index contributed by atoms with van der Waals surface area (Å²) >= 11 is 1.19. The van der Waals surface area contributed by atoms with Gasteiger partial charge in [-0.2, -0.15) is 0 Å². The molecule has 1 N–H and O–H groups in total. The van der Waals surface area contributed by atoms with Crippen LogP contribution in [0.3, 0.4) is 0 Å². The second-order valence-corrected chi connectivity index (χ2v) is 19.0. The maximum atomic E-state index is 10.9. The van der Waals surface area contributed by atoms with E-state index < -0.39 is 26.0 Å². The van der Waals surface area contributed by atoms with E-state index in [-0.39, 0.29) is 15.8 Å². The Hall–Kier alpha value is -5.66. The Bertz CT molecular complexity index is 2610. The van der Waals surface area contributed by atoms with Crippen LogP contribution in [0, 0.1) is 0 Å². The molecule has 0 unspecified atom stereocenters. The summed E-state index contributed by atoms with van der Waals surface area (Å²) < 4.78 is 63.4. The van der Waals surface area contributed by atoms with Crippen molar-refractivity contribution >= 4 is 53.7 Å². The second kappa shape index (κ2) is 23.2. The number of phenols is 1. The zero-order valence-electron chi connectivity index (χ0n) is 32.5. The van der Waals surface area contributed by atoms with Crippen LogP contribution in [0.5, 0.6) is 5.75 Å². The zero-order valence-corrected chi connectivity index (χ0v) is 35.8. The molecule has 8 aromatic rings. The standard InChI is InChI=1S/C18H15S.C14H14OS.C10H8O3S.C7H8O3S/c1-4-10-16(11-5-1)19(17-12-6-2-7-13-17)18-14-8-3-9-15-18;15-13-8-4-5-9-14(13)16-11-10-12-6-2-1-3-7-12;11-14(12,13)10-7-3-5-8-4-1-2-6-9(8)10;8-11(9,10)6-7-4-2-1-3-5-7/h1-15H;1-9,15H,10-11H2;1-7H,(H,11,12,13);1-5H,6H2,(H,8,9,10)/q+1;;;/p-1. The minimum atomic E-state index is -4.38. The van der Waals surface area contributed by atoms with Crippen LogP contribution in [0.15, 0.2) is 243 Å². The van der Waals surface area contributed by atoms with Gasteiger partial charge < -0.3 is 14.2 Å². The van der Waals surface area contributed by atoms with E-state index in [4.69, 9.17) is 0 Å². The molecule has 0 atom stereocenters. The summed E-state index contributed by atoms with van der Waals surface area (Å²) in [5.74, 6) is 1.02. The molecule has 0 radical (unpaired) electrons. The molecule has 11 heteroatoms. The molecule has 0 aliphatic rings. The lowest BCUT2D eigenvalue weighted by Crippen LogP contribution is -2.04. The first-order valence-corrected chi connectivity index (χ1v) is 24.1. The molecule has 7 nitrogen and oxygen atoms in total. The summed E-state index contributed by atoms with van der Waals surface area (Å²) in [5.41, 5.74) is 1.88. The summed E-state index contributed by atoms with van der Waals surface area (Å²) in [4.78, 5) is 4.94. The van der Waals surface area contributed by atoms with Gasteiger partial charge in [0.2, 0.25) is 0 Å². The highest BCUT2D eigenvalue weighted by Crippen LogP contribution is 2.30. The molecule has 0 saturated heterocycles. The van der Waals surface area contributed by atoms with Crippen LogP contribution < -0.4 is 0 Å². The topological polar surface area (TPSA) is 135 Å². The number of hydrogen-bond donors (Lipinski definition) is 1. The minimum Gasteiger partial charge on any atom is -0.748 e. The van der Waals surface area contributed by atoms with Gasteiger partial charge >= 0.3 is 0 Å². The van der Waals surface area contributed by atoms with E-state index in [0.717, 1.165) is 22.5 Å². The number of phenolic OH excluding ortho intramolecular Hbond substituents is 1. The number of fused-ring (bicyclic) bond motifs is 1. The summed E-state index contributed by atoms with van der Waals surface area (Å²) in [6.07, 6.45) is 1.05. The fraction of sp³-hybridized carbons (Fsp3) is 0.0612. The van der Waals surface area contributed by atoms with Crippen molar-refractivity contribution < 1.29 is 31.0 Å². The van der Waals surface area contributed by atoms with Crippen molar-refractivity contribution in [1.29, 1.82) is 0 Å². The molecular formula is C49H44O7S4. The number of para-hydroxylation sites is 1. The molecule has 0 amide bonds. The predicted molar refractivity (Wildman–Crippen MR) is 243 cm³/mol. The van der Waals surface area contributed by atoms with Crippen LogP contribution in [-0.2, 0) is 55.1 Å². The number of rotatable bonds is 10. The average Bonchev–Trinajstić information content (AvgIpc) is 3.26. The van der Waals surface area contributed by atoms with Crippen LogP contribution in [0.25, 0.3) is 10.8 Å². The van der Waals surface area contributed by atoms with Crippen molar-refractivity contribution in [1.82, 2.24) is 0 Å². The van der Waals surface area contributed by atoms with Crippen molar-refractivity contribution in [3.05, 3.63) is 230 Å². The molecule has 306 valence electrons. The fourth-order valence-electron chi connectivity index (χ4n) is 5.82. The van der Waals surface area contributed by atoms with Crippen LogP contribution in [0.1, 0.15) is 11.1 Å². The molecule has 0 aliphatic heterocycles. The Morgan fingerprint density at radius 3 is 1.37 bits per heavy atom. The quantitative estimate of drug-likeness (QED) is 0.0821. The van der Waals surface area contributed by atoms with Crippen molar-refractivity contribution in [2.75, 3.05) is 5.75 Å². The van der Waals surface area contributed by atoms with Crippen LogP contribution in [0.2, 0.25) is 0 Å². The number of benzene rings is 8. The van der Waals surface area contributed by atoms with E-state index >= 15 is 0 Å². The van der Waals surface area contributed by atoms with Crippen molar-refractivity contribution in [3.8, 4) is 5.75 Å². The fourth-order valence-corrected chi connectivity index (χ4v) is 10.3. The van der Waals surface area contributed by atoms with Gasteiger partial charge in [0.1, 0.15) is 15.9 Å². The second-order valence-electron chi connectivity index (χ2n) is 13.0. The number of thiol groups is 1. The smallest absolute Gasteiger partial charge is 0.194 e. The van der Waals surface area contributed by atoms with Crippen molar-refractivity contribution in [2.45, 2.75) is 36.7 Å². The monoisotopic (exact) mass is 872 g/mol. The molecule has 0 fully saturated rings. The summed E-state index contributed by atoms with van der Waals surface area (Å²) in [5, 5.41) is 10.8. The van der Waals surface area contributed by atoms with Gasteiger partial charge in [0, 0.05) is 18.2 Å². The Labute approximate surface area is 360 Å². The lowest BCUT2D eigenvalue weighted by Gasteiger charge is -2.09. The molecule has 8 rings (SSSR count). The zero-order chi connectivity index (χ0) is 42.6. The summed E-state index contributed by atoms with van der Waals surface area (Å²) in [6.45, 7) is 0. The first kappa shape index (κ1) is 45.4. The average molecular weight is 873 g/mol. The molecule has 0 heterocycles. The highest BCUT2D eigenvalue weighted by Gasteiger charge is 2.27. The van der Waals surface area contributed by atoms with E-state index in [2.05, 4.69) is 115 Å². The maximum absolute atomic E-state index is 10.9. The highest BCUT2D eigenvalue weighted by molar-refractivity contribution is 7.97. The van der Waals surface area contributed by atoms with Gasteiger partial charge in [-0.3, -0.25) is 0 Å². The largest absolute Gasteiger partial charge is 0.748 e. The predicted octanol–water partition coefficient (Wildman–Crippen LogP) is 10.1. The summed E-state index contributed by atoms with van der Waals surface area (Å²) in [7, 11) is -8.52. The highest BCUT2D eigenvalue weighted by atomic mass is 32.2. The van der Waals surface area contributed by atoms with Crippen LogP contribution in [-0.4, -0.2) is 36.8 Å². The van der Waals surface area contributed by atoms with E-state index in [9.17, 15) is 31.0 Å². The number of aryl methyl sites for hydroxylation is 1. The van der Waals surface area contributed by atoms with Gasteiger partial charge in [-0.05, 0) is 76.5 Å². The van der Waals surface area contributed by atoms with Gasteiger partial charge in [0.25, 0.3) is 0 Å². The molecule has 60 heavy (non-hydrogen) atoms. The van der Waals surface area contributed by atoms with Gasteiger partial charge in [-0.25, -0.2) is 16.8 Å². The molecule has 0 saturated carbocycles. The van der Waals surface area contributed by atoms with Crippen LogP contribution in [0.4, 0.5) is 0 Å². The van der Waals surface area contributed by atoms with E-state index in [1.165, 1.54) is 38.1 Å². The number of aromatic hydroxyl groups is 1. The van der Waals surface area contributed by atoms with Crippen molar-refractivity contribution in [3.63, 3.8) is 0 Å². The van der Waals surface area contributed by atoms with Gasteiger partial charge in [-0.15, -0.1) is 0 Å². The SMILES string of the molecule is O=S(=O)([O-])Cc1ccccc1.O=S(=O)([O-])c1cccc2ccccc12.Oc1ccccc1[SH+]CCc1ccccc1.c1ccc([S+](c2ccccc2)c2ccccc2)cc1. The molecule has 8 aromatic carbocycles. The molecule has 0 aromatic heterocycles. The first-order valence-electron chi connectivity index (χ1n) is 18.8. The third-order valence-corrected chi connectivity index (χ3v) is 13.5.